The molecule has 5 heterocycles. The van der Waals surface area contributed by atoms with Crippen LogP contribution in [-0.4, -0.2) is 56.0 Å². The molecule has 0 amide bonds. The molecule has 3 aromatic rings. The Morgan fingerprint density at radius 1 is 1.47 bits per heavy atom. The SMILES string of the molecule is [C-]#[N+]c1cc2cnn(-c3cc(N[C@H](C)C#N)c([N+](=O)[O-])cn3)c2nc1N1C[C@H]2C[C@@H]1CO2. The third kappa shape index (κ3) is 3.14. The third-order valence-electron chi connectivity index (χ3n) is 5.64. The van der Waals surface area contributed by atoms with Gasteiger partial charge in [-0.1, -0.05) is 0 Å². The van der Waals surface area contributed by atoms with Crippen molar-refractivity contribution in [3.63, 3.8) is 0 Å². The molecule has 5 rings (SSSR count). The van der Waals surface area contributed by atoms with Crippen LogP contribution >= 0.6 is 0 Å². The van der Waals surface area contributed by atoms with Gasteiger partial charge >= 0.3 is 5.69 Å². The molecule has 12 nitrogen and oxygen atoms in total. The first-order valence-corrected chi connectivity index (χ1v) is 9.94. The van der Waals surface area contributed by atoms with E-state index in [0.29, 0.717) is 41.5 Å². The summed E-state index contributed by atoms with van der Waals surface area (Å²) in [6.07, 6.45) is 3.76. The molecule has 2 aliphatic rings. The van der Waals surface area contributed by atoms with Crippen LogP contribution in [0.4, 0.5) is 22.9 Å². The molecular formula is C20H17N9O3. The van der Waals surface area contributed by atoms with Gasteiger partial charge in [0.05, 0.1) is 42.5 Å². The number of nitriles is 1. The highest BCUT2D eigenvalue weighted by Gasteiger charge is 2.40. The second kappa shape index (κ2) is 7.44. The molecular weight excluding hydrogens is 414 g/mol. The van der Waals surface area contributed by atoms with E-state index in [9.17, 15) is 10.1 Å². The number of fused-ring (bicyclic) bond motifs is 3. The molecule has 0 radical (unpaired) electrons. The lowest BCUT2D eigenvalue weighted by molar-refractivity contribution is -0.384. The number of hydrogen-bond acceptors (Lipinski definition) is 9. The molecule has 32 heavy (non-hydrogen) atoms. The van der Waals surface area contributed by atoms with Crippen LogP contribution in [-0.2, 0) is 4.74 Å². The highest BCUT2D eigenvalue weighted by Crippen LogP contribution is 2.38. The Kier molecular flexibility index (Phi) is 4.57. The average Bonchev–Trinajstić information content (AvgIpc) is 3.53. The molecule has 2 aliphatic heterocycles. The van der Waals surface area contributed by atoms with Crippen molar-refractivity contribution in [3.8, 4) is 11.9 Å². The first kappa shape index (κ1) is 19.7. The Hall–Kier alpha value is -4.29. The zero-order valence-electron chi connectivity index (χ0n) is 17.0. The van der Waals surface area contributed by atoms with Crippen molar-refractivity contribution < 1.29 is 9.66 Å². The van der Waals surface area contributed by atoms with Crippen LogP contribution in [0.3, 0.4) is 0 Å². The van der Waals surface area contributed by atoms with Crippen LogP contribution < -0.4 is 10.2 Å². The van der Waals surface area contributed by atoms with E-state index in [4.69, 9.17) is 21.6 Å². The van der Waals surface area contributed by atoms with Crippen LogP contribution in [0.1, 0.15) is 13.3 Å². The number of morpholine rings is 1. The average molecular weight is 431 g/mol. The van der Waals surface area contributed by atoms with Gasteiger partial charge in [0.1, 0.15) is 23.7 Å². The highest BCUT2D eigenvalue weighted by atomic mass is 16.6. The van der Waals surface area contributed by atoms with E-state index in [1.165, 1.54) is 10.7 Å². The molecule has 0 spiro atoms. The van der Waals surface area contributed by atoms with Gasteiger partial charge in [-0.25, -0.2) is 14.8 Å². The van der Waals surface area contributed by atoms with Crippen molar-refractivity contribution in [2.45, 2.75) is 31.5 Å². The molecule has 2 bridgehead atoms. The molecule has 2 saturated heterocycles. The Labute approximate surface area is 182 Å². The molecule has 3 atom stereocenters. The van der Waals surface area contributed by atoms with Gasteiger partial charge in [-0.3, -0.25) is 10.1 Å². The van der Waals surface area contributed by atoms with E-state index in [1.54, 1.807) is 19.2 Å². The molecule has 160 valence electrons. The minimum Gasteiger partial charge on any atom is -0.374 e. The number of rotatable bonds is 5. The summed E-state index contributed by atoms with van der Waals surface area (Å²) in [5, 5.41) is 28.3. The van der Waals surface area contributed by atoms with Crippen LogP contribution in [0, 0.1) is 28.0 Å². The standard InChI is InChI=1S/C20H17N9O3/c1-11(6-21)25-15-5-18(23-8-17(15)29(30)31)28-19-12(7-24-28)3-16(22-2)20(26-19)27-9-14-4-13(27)10-32-14/h3,5,7-8,11,13-14H,4,9-10H2,1H3,(H,23,25)/t11-,13-,14-/m1/s1. The summed E-state index contributed by atoms with van der Waals surface area (Å²) in [6, 6.07) is 4.74. The van der Waals surface area contributed by atoms with Crippen molar-refractivity contribution in [1.29, 1.82) is 5.26 Å². The fraction of sp³-hybridized carbons (Fsp3) is 0.350. The maximum Gasteiger partial charge on any atom is 0.310 e. The summed E-state index contributed by atoms with van der Waals surface area (Å²) in [4.78, 5) is 25.5. The minimum absolute atomic E-state index is 0.146. The number of anilines is 2. The van der Waals surface area contributed by atoms with Crippen molar-refractivity contribution in [1.82, 2.24) is 19.7 Å². The van der Waals surface area contributed by atoms with Gasteiger partial charge in [0, 0.05) is 18.0 Å². The molecule has 12 heteroatoms. The lowest BCUT2D eigenvalue weighted by atomic mass is 10.2. The van der Waals surface area contributed by atoms with Gasteiger partial charge in [-0.15, -0.1) is 0 Å². The van der Waals surface area contributed by atoms with Crippen molar-refractivity contribution in [2.24, 2.45) is 0 Å². The van der Waals surface area contributed by atoms with Gasteiger partial charge in [-0.05, 0) is 19.4 Å². The molecule has 2 fully saturated rings. The normalized spacial score (nSPS) is 20.2. The molecule has 0 saturated carbocycles. The zero-order chi connectivity index (χ0) is 22.4. The molecule has 0 aromatic carbocycles. The van der Waals surface area contributed by atoms with Crippen molar-refractivity contribution >= 4 is 33.9 Å². The summed E-state index contributed by atoms with van der Waals surface area (Å²) < 4.78 is 7.14. The van der Waals surface area contributed by atoms with Crippen LogP contribution in [0.2, 0.25) is 0 Å². The quantitative estimate of drug-likeness (QED) is 0.367. The predicted octanol–water partition coefficient (Wildman–Crippen LogP) is 2.58. The summed E-state index contributed by atoms with van der Waals surface area (Å²) in [5.41, 5.74) is 0.831. The van der Waals surface area contributed by atoms with E-state index < -0.39 is 11.0 Å². The lowest BCUT2D eigenvalue weighted by Gasteiger charge is -2.28. The van der Waals surface area contributed by atoms with Crippen molar-refractivity contribution in [3.05, 3.63) is 46.1 Å². The summed E-state index contributed by atoms with van der Waals surface area (Å²) >= 11 is 0. The van der Waals surface area contributed by atoms with E-state index in [-0.39, 0.29) is 23.5 Å². The molecule has 1 N–H and O–H groups in total. The van der Waals surface area contributed by atoms with Gasteiger partial charge in [-0.2, -0.15) is 15.0 Å². The number of nitrogens with zero attached hydrogens (tertiary/aromatic N) is 8. The first-order chi connectivity index (χ1) is 15.5. The van der Waals surface area contributed by atoms with Gasteiger partial charge in [0.25, 0.3) is 0 Å². The zero-order valence-corrected chi connectivity index (χ0v) is 17.0. The van der Waals surface area contributed by atoms with E-state index in [0.717, 1.165) is 12.6 Å². The minimum atomic E-state index is -0.642. The van der Waals surface area contributed by atoms with Gasteiger partial charge in [0.15, 0.2) is 11.5 Å². The lowest BCUT2D eigenvalue weighted by Crippen LogP contribution is -2.37. The first-order valence-electron chi connectivity index (χ1n) is 9.94. The largest absolute Gasteiger partial charge is 0.374 e. The Morgan fingerprint density at radius 3 is 2.97 bits per heavy atom. The Balaban J connectivity index is 1.61. The van der Waals surface area contributed by atoms with Gasteiger partial charge < -0.3 is 15.0 Å². The summed E-state index contributed by atoms with van der Waals surface area (Å²) in [6.45, 7) is 10.5. The molecule has 0 unspecified atom stereocenters. The van der Waals surface area contributed by atoms with Gasteiger partial charge in [0.2, 0.25) is 5.69 Å². The van der Waals surface area contributed by atoms with E-state index in [2.05, 4.69) is 25.1 Å². The summed E-state index contributed by atoms with van der Waals surface area (Å²) in [5.74, 6) is 0.877. The summed E-state index contributed by atoms with van der Waals surface area (Å²) in [7, 11) is 0. The number of ether oxygens (including phenoxy) is 1. The molecule has 3 aromatic heterocycles. The smallest absolute Gasteiger partial charge is 0.310 e. The van der Waals surface area contributed by atoms with Crippen LogP contribution in [0.25, 0.3) is 21.7 Å². The molecule has 0 aliphatic carbocycles. The number of nitrogens with one attached hydrogen (secondary N) is 1. The van der Waals surface area contributed by atoms with Crippen LogP contribution in [0.5, 0.6) is 0 Å². The topological polar surface area (TPSA) is 139 Å². The maximum atomic E-state index is 11.4. The number of nitro groups is 1. The third-order valence-corrected chi connectivity index (χ3v) is 5.64. The maximum absolute atomic E-state index is 11.4. The fourth-order valence-corrected chi connectivity index (χ4v) is 4.14. The Morgan fingerprint density at radius 2 is 2.31 bits per heavy atom. The fourth-order valence-electron chi connectivity index (χ4n) is 4.14. The van der Waals surface area contributed by atoms with Crippen molar-refractivity contribution in [2.75, 3.05) is 23.4 Å². The monoisotopic (exact) mass is 431 g/mol. The predicted molar refractivity (Wildman–Crippen MR) is 114 cm³/mol. The van der Waals surface area contributed by atoms with Crippen LogP contribution in [0.15, 0.2) is 24.5 Å². The van der Waals surface area contributed by atoms with E-state index in [1.807, 2.05) is 6.07 Å². The number of pyridine rings is 2. The second-order valence-electron chi connectivity index (χ2n) is 7.72. The Bertz CT molecular complexity index is 1320. The number of hydrogen-bond donors (Lipinski definition) is 1. The highest BCUT2D eigenvalue weighted by molar-refractivity contribution is 5.86. The van der Waals surface area contributed by atoms with E-state index >= 15 is 0 Å². The number of aromatic nitrogens is 4. The second-order valence-corrected chi connectivity index (χ2v) is 7.72.